The van der Waals surface area contributed by atoms with E-state index in [4.69, 9.17) is 11.6 Å². The Morgan fingerprint density at radius 2 is 1.71 bits per heavy atom. The predicted octanol–water partition coefficient (Wildman–Crippen LogP) is 5.92. The second-order valence-corrected chi connectivity index (χ2v) is 5.99. The van der Waals surface area contributed by atoms with Crippen LogP contribution in [0.5, 0.6) is 0 Å². The lowest BCUT2D eigenvalue weighted by atomic mass is 9.99. The summed E-state index contributed by atoms with van der Waals surface area (Å²) in [6.45, 7) is 4.44. The first-order valence-corrected chi connectivity index (χ1v) is 8.15. The molecule has 2 atom stereocenters. The first-order valence-electron chi connectivity index (χ1n) is 7.77. The van der Waals surface area contributed by atoms with Gasteiger partial charge in [0.15, 0.2) is 0 Å². The van der Waals surface area contributed by atoms with Crippen LogP contribution in [0, 0.1) is 0 Å². The van der Waals surface area contributed by atoms with Gasteiger partial charge in [0, 0.05) is 17.1 Å². The molecule has 0 radical (unpaired) electrons. The van der Waals surface area contributed by atoms with Crippen molar-refractivity contribution in [3.8, 4) is 0 Å². The fourth-order valence-corrected chi connectivity index (χ4v) is 2.81. The molecule has 0 bridgehead atoms. The molecule has 2 rings (SSSR count). The third-order valence-electron chi connectivity index (χ3n) is 3.85. The lowest BCUT2D eigenvalue weighted by Gasteiger charge is -2.24. The smallest absolute Gasteiger partial charge is 0.0409 e. The van der Waals surface area contributed by atoms with Crippen molar-refractivity contribution in [1.82, 2.24) is 5.32 Å². The van der Waals surface area contributed by atoms with E-state index in [0.717, 1.165) is 11.4 Å². The first kappa shape index (κ1) is 16.1. The number of halogens is 1. The summed E-state index contributed by atoms with van der Waals surface area (Å²) in [5, 5.41) is 4.55. The molecule has 0 aliphatic heterocycles. The van der Waals surface area contributed by atoms with Gasteiger partial charge >= 0.3 is 0 Å². The van der Waals surface area contributed by atoms with E-state index in [2.05, 4.69) is 55.6 Å². The third kappa shape index (κ3) is 4.87. The van der Waals surface area contributed by atoms with Crippen LogP contribution in [0.2, 0.25) is 5.02 Å². The van der Waals surface area contributed by atoms with Gasteiger partial charge in [-0.05, 0) is 36.6 Å². The van der Waals surface area contributed by atoms with Crippen molar-refractivity contribution in [2.24, 2.45) is 0 Å². The molecule has 0 saturated carbocycles. The van der Waals surface area contributed by atoms with E-state index >= 15 is 0 Å². The molecule has 0 heterocycles. The van der Waals surface area contributed by atoms with Gasteiger partial charge in [-0.15, -0.1) is 0 Å². The summed E-state index contributed by atoms with van der Waals surface area (Å²) in [4.78, 5) is 0. The van der Waals surface area contributed by atoms with Crippen molar-refractivity contribution >= 4 is 11.6 Å². The molecule has 112 valence electrons. The molecular weight excluding hydrogens is 278 g/mol. The van der Waals surface area contributed by atoms with E-state index in [9.17, 15) is 0 Å². The molecule has 0 aliphatic rings. The Balaban J connectivity index is 2.11. The fraction of sp³-hybridized carbons (Fsp3) is 0.368. The molecular formula is C19H24ClN. The summed E-state index contributed by atoms with van der Waals surface area (Å²) >= 11 is 6.10. The van der Waals surface area contributed by atoms with E-state index in [1.807, 2.05) is 18.2 Å². The molecule has 0 aliphatic carbocycles. The van der Waals surface area contributed by atoms with Gasteiger partial charge in [0.1, 0.15) is 0 Å². The number of hydrogen-bond acceptors (Lipinski definition) is 1. The number of rotatable bonds is 7. The fourth-order valence-electron chi connectivity index (χ4n) is 2.61. The van der Waals surface area contributed by atoms with Crippen LogP contribution < -0.4 is 5.32 Å². The lowest BCUT2D eigenvalue weighted by molar-refractivity contribution is 0.431. The van der Waals surface area contributed by atoms with Crippen molar-refractivity contribution in [2.45, 2.75) is 45.2 Å². The molecule has 2 aromatic rings. The topological polar surface area (TPSA) is 12.0 Å². The van der Waals surface area contributed by atoms with Gasteiger partial charge in [-0.2, -0.15) is 0 Å². The summed E-state index contributed by atoms with van der Waals surface area (Å²) in [5.41, 5.74) is 2.60. The maximum absolute atomic E-state index is 6.10. The second kappa shape index (κ2) is 8.21. The van der Waals surface area contributed by atoms with Crippen LogP contribution in [-0.2, 0) is 0 Å². The summed E-state index contributed by atoms with van der Waals surface area (Å²) in [6, 6.07) is 19.5. The van der Waals surface area contributed by atoms with Gasteiger partial charge in [-0.1, -0.05) is 73.8 Å². The Kier molecular flexibility index (Phi) is 6.28. The van der Waals surface area contributed by atoms with Crippen LogP contribution in [0.3, 0.4) is 0 Å². The van der Waals surface area contributed by atoms with Gasteiger partial charge in [-0.25, -0.2) is 0 Å². The largest absolute Gasteiger partial charge is 0.303 e. The van der Waals surface area contributed by atoms with Crippen LogP contribution >= 0.6 is 11.6 Å². The number of benzene rings is 2. The first-order chi connectivity index (χ1) is 10.2. The molecule has 0 amide bonds. The number of unbranched alkanes of at least 4 members (excludes halogenated alkanes) is 1. The Hall–Kier alpha value is -1.31. The molecule has 0 aromatic heterocycles. The highest BCUT2D eigenvalue weighted by Gasteiger charge is 2.15. The van der Waals surface area contributed by atoms with Gasteiger partial charge in [0.2, 0.25) is 0 Å². The highest BCUT2D eigenvalue weighted by atomic mass is 35.5. The zero-order chi connectivity index (χ0) is 15.1. The van der Waals surface area contributed by atoms with Crippen molar-refractivity contribution in [2.75, 3.05) is 0 Å². The standard InChI is InChI=1S/C19H24ClN/c1-3-4-13-19(16-9-6-5-7-10-16)21-15(2)17-11-8-12-18(20)14-17/h5-12,14-15,19,21H,3-4,13H2,1-2H3/t15-,19?/m0/s1. The maximum atomic E-state index is 6.10. The van der Waals surface area contributed by atoms with Gasteiger partial charge in [0.25, 0.3) is 0 Å². The van der Waals surface area contributed by atoms with Gasteiger partial charge < -0.3 is 5.32 Å². The van der Waals surface area contributed by atoms with Gasteiger partial charge in [-0.3, -0.25) is 0 Å². The molecule has 0 spiro atoms. The minimum absolute atomic E-state index is 0.283. The second-order valence-electron chi connectivity index (χ2n) is 5.55. The normalized spacial score (nSPS) is 13.9. The van der Waals surface area contributed by atoms with Crippen LogP contribution in [-0.4, -0.2) is 0 Å². The highest BCUT2D eigenvalue weighted by Crippen LogP contribution is 2.25. The zero-order valence-electron chi connectivity index (χ0n) is 12.9. The van der Waals surface area contributed by atoms with Crippen molar-refractivity contribution < 1.29 is 0 Å². The number of hydrogen-bond donors (Lipinski definition) is 1. The molecule has 0 saturated heterocycles. The third-order valence-corrected chi connectivity index (χ3v) is 4.08. The molecule has 21 heavy (non-hydrogen) atoms. The molecule has 1 N–H and O–H groups in total. The lowest BCUT2D eigenvalue weighted by Crippen LogP contribution is -2.24. The van der Waals surface area contributed by atoms with Crippen LogP contribution in [0.4, 0.5) is 0 Å². The van der Waals surface area contributed by atoms with Gasteiger partial charge in [0.05, 0.1) is 0 Å². The Bertz CT molecular complexity index is 538. The summed E-state index contributed by atoms with van der Waals surface area (Å²) < 4.78 is 0. The average molecular weight is 302 g/mol. The zero-order valence-corrected chi connectivity index (χ0v) is 13.6. The SMILES string of the molecule is CCCCC(N[C@@H](C)c1cccc(Cl)c1)c1ccccc1. The van der Waals surface area contributed by atoms with E-state index in [0.29, 0.717) is 6.04 Å². The molecule has 1 unspecified atom stereocenters. The Morgan fingerprint density at radius 3 is 2.38 bits per heavy atom. The molecule has 2 heteroatoms. The minimum atomic E-state index is 0.283. The molecule has 2 aromatic carbocycles. The number of nitrogens with one attached hydrogen (secondary N) is 1. The maximum Gasteiger partial charge on any atom is 0.0409 e. The van der Waals surface area contributed by atoms with E-state index in [1.165, 1.54) is 24.0 Å². The summed E-state index contributed by atoms with van der Waals surface area (Å²) in [7, 11) is 0. The van der Waals surface area contributed by atoms with Crippen molar-refractivity contribution in [3.05, 3.63) is 70.7 Å². The van der Waals surface area contributed by atoms with Crippen LogP contribution in [0.15, 0.2) is 54.6 Å². The van der Waals surface area contributed by atoms with E-state index < -0.39 is 0 Å². The molecule has 0 fully saturated rings. The summed E-state index contributed by atoms with van der Waals surface area (Å²) in [6.07, 6.45) is 3.61. The van der Waals surface area contributed by atoms with E-state index in [-0.39, 0.29) is 6.04 Å². The van der Waals surface area contributed by atoms with Crippen molar-refractivity contribution in [1.29, 1.82) is 0 Å². The quantitative estimate of drug-likeness (QED) is 0.669. The average Bonchev–Trinajstić information content (AvgIpc) is 2.52. The Labute approximate surface area is 133 Å². The van der Waals surface area contributed by atoms with Crippen LogP contribution in [0.1, 0.15) is 56.3 Å². The van der Waals surface area contributed by atoms with E-state index in [1.54, 1.807) is 0 Å². The predicted molar refractivity (Wildman–Crippen MR) is 91.7 cm³/mol. The minimum Gasteiger partial charge on any atom is -0.303 e. The monoisotopic (exact) mass is 301 g/mol. The van der Waals surface area contributed by atoms with Crippen LogP contribution in [0.25, 0.3) is 0 Å². The molecule has 1 nitrogen and oxygen atoms in total. The van der Waals surface area contributed by atoms with Crippen molar-refractivity contribution in [3.63, 3.8) is 0 Å². The Morgan fingerprint density at radius 1 is 1.00 bits per heavy atom. The highest BCUT2D eigenvalue weighted by molar-refractivity contribution is 6.30. The summed E-state index contributed by atoms with van der Waals surface area (Å²) in [5.74, 6) is 0.